The number of carbonyl (C=O) groups excluding carboxylic acids is 1. The topological polar surface area (TPSA) is 44.8 Å². The zero-order valence-electron chi connectivity index (χ0n) is 15.0. The lowest BCUT2D eigenvalue weighted by Crippen LogP contribution is -2.51. The first-order valence-corrected chi connectivity index (χ1v) is 8.77. The third kappa shape index (κ3) is 4.32. The summed E-state index contributed by atoms with van der Waals surface area (Å²) in [5.41, 5.74) is 2.72. The van der Waals surface area contributed by atoms with Gasteiger partial charge >= 0.3 is 6.03 Å². The summed E-state index contributed by atoms with van der Waals surface area (Å²) < 4.78 is 19.1. The Morgan fingerprint density at radius 1 is 1.04 bits per heavy atom. The number of benzene rings is 2. The van der Waals surface area contributed by atoms with Crippen molar-refractivity contribution in [3.05, 3.63) is 65.5 Å². The molecule has 0 aliphatic carbocycles. The summed E-state index contributed by atoms with van der Waals surface area (Å²) in [6.45, 7) is 3.36. The molecule has 1 fully saturated rings. The Morgan fingerprint density at radius 3 is 2.38 bits per heavy atom. The number of rotatable bonds is 5. The molecular weight excluding hydrogens is 333 g/mol. The first-order chi connectivity index (χ1) is 12.7. The SMILES string of the molecule is COCc1ccccc1CNC(=O)N1CCN(c2ccccc2F)CC1. The summed E-state index contributed by atoms with van der Waals surface area (Å²) in [6.07, 6.45) is 0. The number of para-hydroxylation sites is 1. The Balaban J connectivity index is 1.52. The van der Waals surface area contributed by atoms with Crippen LogP contribution in [-0.4, -0.2) is 44.2 Å². The number of halogens is 1. The van der Waals surface area contributed by atoms with E-state index in [1.807, 2.05) is 35.2 Å². The van der Waals surface area contributed by atoms with Gasteiger partial charge in [-0.2, -0.15) is 0 Å². The third-order valence-corrected chi connectivity index (χ3v) is 4.61. The van der Waals surface area contributed by atoms with Crippen molar-refractivity contribution in [2.24, 2.45) is 0 Å². The fourth-order valence-electron chi connectivity index (χ4n) is 3.17. The van der Waals surface area contributed by atoms with Crippen molar-refractivity contribution >= 4 is 11.7 Å². The van der Waals surface area contributed by atoms with E-state index in [9.17, 15) is 9.18 Å². The van der Waals surface area contributed by atoms with Crippen molar-refractivity contribution in [2.75, 3.05) is 38.2 Å². The van der Waals surface area contributed by atoms with Crippen LogP contribution in [0.15, 0.2) is 48.5 Å². The van der Waals surface area contributed by atoms with Gasteiger partial charge in [0.25, 0.3) is 0 Å². The smallest absolute Gasteiger partial charge is 0.317 e. The van der Waals surface area contributed by atoms with Crippen molar-refractivity contribution < 1.29 is 13.9 Å². The number of anilines is 1. The standard InChI is InChI=1S/C20H24FN3O2/c1-26-15-17-7-3-2-6-16(17)14-22-20(25)24-12-10-23(11-13-24)19-9-5-4-8-18(19)21/h2-9H,10-15H2,1H3,(H,22,25). The molecule has 0 unspecified atom stereocenters. The number of nitrogens with one attached hydrogen (secondary N) is 1. The van der Waals surface area contributed by atoms with E-state index < -0.39 is 0 Å². The summed E-state index contributed by atoms with van der Waals surface area (Å²) in [7, 11) is 1.66. The molecule has 5 nitrogen and oxygen atoms in total. The average Bonchev–Trinajstić information content (AvgIpc) is 2.68. The number of ether oxygens (including phenoxy) is 1. The van der Waals surface area contributed by atoms with E-state index in [-0.39, 0.29) is 11.8 Å². The molecule has 0 aromatic heterocycles. The molecule has 26 heavy (non-hydrogen) atoms. The van der Waals surface area contributed by atoms with Crippen molar-refractivity contribution in [1.82, 2.24) is 10.2 Å². The van der Waals surface area contributed by atoms with E-state index in [1.54, 1.807) is 24.1 Å². The molecule has 2 aromatic rings. The zero-order chi connectivity index (χ0) is 18.4. The molecule has 3 rings (SSSR count). The Labute approximate surface area is 153 Å². The lowest BCUT2D eigenvalue weighted by atomic mass is 10.1. The Kier molecular flexibility index (Phi) is 6.07. The van der Waals surface area contributed by atoms with Gasteiger partial charge in [-0.1, -0.05) is 36.4 Å². The molecule has 1 N–H and O–H groups in total. The van der Waals surface area contributed by atoms with E-state index in [0.29, 0.717) is 45.0 Å². The number of hydrogen-bond acceptors (Lipinski definition) is 3. The third-order valence-electron chi connectivity index (χ3n) is 4.61. The van der Waals surface area contributed by atoms with Crippen LogP contribution in [0.3, 0.4) is 0 Å². The highest BCUT2D eigenvalue weighted by Crippen LogP contribution is 2.20. The Hall–Kier alpha value is -2.60. The Morgan fingerprint density at radius 2 is 1.69 bits per heavy atom. The van der Waals surface area contributed by atoms with Crippen LogP contribution >= 0.6 is 0 Å². The predicted octanol–water partition coefficient (Wildman–Crippen LogP) is 3.00. The van der Waals surface area contributed by atoms with Crippen molar-refractivity contribution in [1.29, 1.82) is 0 Å². The lowest BCUT2D eigenvalue weighted by molar-refractivity contribution is 0.183. The van der Waals surface area contributed by atoms with Gasteiger partial charge in [-0.05, 0) is 23.3 Å². The highest BCUT2D eigenvalue weighted by molar-refractivity contribution is 5.74. The maximum Gasteiger partial charge on any atom is 0.317 e. The number of hydrogen-bond donors (Lipinski definition) is 1. The molecule has 0 radical (unpaired) electrons. The van der Waals surface area contributed by atoms with E-state index >= 15 is 0 Å². The van der Waals surface area contributed by atoms with Gasteiger partial charge in [0, 0.05) is 39.8 Å². The summed E-state index contributed by atoms with van der Waals surface area (Å²) in [6, 6.07) is 14.6. The van der Waals surface area contributed by atoms with Crippen LogP contribution < -0.4 is 10.2 Å². The van der Waals surface area contributed by atoms with Gasteiger partial charge in [0.15, 0.2) is 0 Å². The molecule has 2 aromatic carbocycles. The van der Waals surface area contributed by atoms with Gasteiger partial charge in [0.2, 0.25) is 0 Å². The fourth-order valence-corrected chi connectivity index (χ4v) is 3.17. The van der Waals surface area contributed by atoms with Crippen LogP contribution in [0.5, 0.6) is 0 Å². The first-order valence-electron chi connectivity index (χ1n) is 8.77. The van der Waals surface area contributed by atoms with Gasteiger partial charge in [-0.15, -0.1) is 0 Å². The monoisotopic (exact) mass is 357 g/mol. The van der Waals surface area contributed by atoms with Gasteiger partial charge < -0.3 is 19.9 Å². The van der Waals surface area contributed by atoms with Crippen LogP contribution in [-0.2, 0) is 17.9 Å². The number of amides is 2. The summed E-state index contributed by atoms with van der Waals surface area (Å²) in [4.78, 5) is 16.2. The van der Waals surface area contributed by atoms with Crippen LogP contribution in [0.25, 0.3) is 0 Å². The van der Waals surface area contributed by atoms with E-state index in [2.05, 4.69) is 5.32 Å². The molecule has 6 heteroatoms. The summed E-state index contributed by atoms with van der Waals surface area (Å²) in [5, 5.41) is 2.97. The first kappa shape index (κ1) is 18.2. The van der Waals surface area contributed by atoms with Gasteiger partial charge in [0.1, 0.15) is 5.82 Å². The second-order valence-corrected chi connectivity index (χ2v) is 6.29. The molecule has 0 spiro atoms. The van der Waals surface area contributed by atoms with Crippen molar-refractivity contribution in [3.63, 3.8) is 0 Å². The van der Waals surface area contributed by atoms with Crippen LogP contribution in [0, 0.1) is 5.82 Å². The number of methoxy groups -OCH3 is 1. The average molecular weight is 357 g/mol. The Bertz CT molecular complexity index is 745. The molecule has 2 amide bonds. The maximum absolute atomic E-state index is 13.9. The van der Waals surface area contributed by atoms with Crippen molar-refractivity contribution in [2.45, 2.75) is 13.2 Å². The van der Waals surface area contributed by atoms with Gasteiger partial charge in [-0.3, -0.25) is 0 Å². The quantitative estimate of drug-likeness (QED) is 0.895. The second-order valence-electron chi connectivity index (χ2n) is 6.29. The second kappa shape index (κ2) is 8.67. The molecule has 1 saturated heterocycles. The lowest BCUT2D eigenvalue weighted by Gasteiger charge is -2.36. The zero-order valence-corrected chi connectivity index (χ0v) is 15.0. The van der Waals surface area contributed by atoms with Crippen molar-refractivity contribution in [3.8, 4) is 0 Å². The van der Waals surface area contributed by atoms with E-state index in [1.165, 1.54) is 6.07 Å². The summed E-state index contributed by atoms with van der Waals surface area (Å²) >= 11 is 0. The molecule has 138 valence electrons. The van der Waals surface area contributed by atoms with Gasteiger partial charge in [-0.25, -0.2) is 9.18 Å². The number of piperazine rings is 1. The number of nitrogens with zero attached hydrogens (tertiary/aromatic N) is 2. The normalized spacial score (nSPS) is 14.4. The van der Waals surface area contributed by atoms with Crippen LogP contribution in [0.4, 0.5) is 14.9 Å². The molecule has 0 saturated carbocycles. The fraction of sp³-hybridized carbons (Fsp3) is 0.350. The van der Waals surface area contributed by atoms with E-state index in [4.69, 9.17) is 4.74 Å². The van der Waals surface area contributed by atoms with Crippen LogP contribution in [0.1, 0.15) is 11.1 Å². The molecular formula is C20H24FN3O2. The highest BCUT2D eigenvalue weighted by atomic mass is 19.1. The predicted molar refractivity (Wildman–Crippen MR) is 99.6 cm³/mol. The highest BCUT2D eigenvalue weighted by Gasteiger charge is 2.22. The number of carbonyl (C=O) groups is 1. The minimum Gasteiger partial charge on any atom is -0.380 e. The summed E-state index contributed by atoms with van der Waals surface area (Å²) in [5.74, 6) is -0.222. The molecule has 0 atom stereocenters. The molecule has 1 aliphatic rings. The molecule has 1 aliphatic heterocycles. The molecule has 1 heterocycles. The number of urea groups is 1. The van der Waals surface area contributed by atoms with Crippen LogP contribution in [0.2, 0.25) is 0 Å². The maximum atomic E-state index is 13.9. The van der Waals surface area contributed by atoms with E-state index in [0.717, 1.165) is 11.1 Å². The minimum absolute atomic E-state index is 0.0922. The molecule has 0 bridgehead atoms. The largest absolute Gasteiger partial charge is 0.380 e. The van der Waals surface area contributed by atoms with Gasteiger partial charge in [0.05, 0.1) is 12.3 Å². The minimum atomic E-state index is -0.222.